The zero-order chi connectivity index (χ0) is 11.5. The molecule has 4 nitrogen and oxygen atoms in total. The lowest BCUT2D eigenvalue weighted by Crippen LogP contribution is -2.42. The molecule has 1 aromatic rings. The molecular formula is C11H16ClN3O. The Balaban J connectivity index is 2.25. The summed E-state index contributed by atoms with van der Waals surface area (Å²) in [4.78, 5) is 6.31. The van der Waals surface area contributed by atoms with E-state index in [4.69, 9.17) is 22.4 Å². The summed E-state index contributed by atoms with van der Waals surface area (Å²) in [7, 11) is 0. The highest BCUT2D eigenvalue weighted by Crippen LogP contribution is 2.32. The van der Waals surface area contributed by atoms with Crippen LogP contribution in [-0.4, -0.2) is 29.3 Å². The number of hydrogen-bond acceptors (Lipinski definition) is 4. The van der Waals surface area contributed by atoms with Crippen molar-refractivity contribution in [2.45, 2.75) is 25.3 Å². The Morgan fingerprint density at radius 1 is 1.50 bits per heavy atom. The number of hydrogen-bond donors (Lipinski definition) is 2. The molecule has 0 saturated heterocycles. The maximum atomic E-state index is 9.08. The van der Waals surface area contributed by atoms with Gasteiger partial charge in [0.1, 0.15) is 5.15 Å². The van der Waals surface area contributed by atoms with Crippen molar-refractivity contribution < 1.29 is 5.11 Å². The fourth-order valence-corrected chi connectivity index (χ4v) is 2.08. The third-order valence-electron chi connectivity index (χ3n) is 3.00. The van der Waals surface area contributed by atoms with Gasteiger partial charge in [0.15, 0.2) is 5.82 Å². The van der Waals surface area contributed by atoms with Crippen LogP contribution in [0.4, 0.5) is 11.5 Å². The number of aromatic nitrogens is 1. The van der Waals surface area contributed by atoms with Crippen molar-refractivity contribution in [1.29, 1.82) is 0 Å². The summed E-state index contributed by atoms with van der Waals surface area (Å²) in [5, 5.41) is 9.52. The van der Waals surface area contributed by atoms with Gasteiger partial charge in [-0.1, -0.05) is 11.6 Å². The molecule has 1 aromatic heterocycles. The van der Waals surface area contributed by atoms with Crippen molar-refractivity contribution in [2.24, 2.45) is 0 Å². The summed E-state index contributed by atoms with van der Waals surface area (Å²) < 4.78 is 0. The molecular weight excluding hydrogens is 226 g/mol. The molecule has 16 heavy (non-hydrogen) atoms. The topological polar surface area (TPSA) is 62.4 Å². The van der Waals surface area contributed by atoms with Gasteiger partial charge < -0.3 is 15.7 Å². The molecule has 0 aliphatic heterocycles. The van der Waals surface area contributed by atoms with E-state index in [0.29, 0.717) is 29.2 Å². The zero-order valence-corrected chi connectivity index (χ0v) is 9.82. The van der Waals surface area contributed by atoms with Gasteiger partial charge in [-0.15, -0.1) is 0 Å². The maximum absolute atomic E-state index is 9.08. The average Bonchev–Trinajstić information content (AvgIpc) is 2.18. The Hall–Kier alpha value is -1.00. The highest BCUT2D eigenvalue weighted by atomic mass is 35.5. The summed E-state index contributed by atoms with van der Waals surface area (Å²) in [5.74, 6) is 0.700. The van der Waals surface area contributed by atoms with E-state index < -0.39 is 0 Å². The van der Waals surface area contributed by atoms with E-state index in [9.17, 15) is 0 Å². The summed E-state index contributed by atoms with van der Waals surface area (Å²) in [6.45, 7) is 0.659. The molecule has 0 amide bonds. The lowest BCUT2D eigenvalue weighted by atomic mass is 9.91. The minimum atomic E-state index is 0.101. The molecule has 5 heteroatoms. The lowest BCUT2D eigenvalue weighted by Gasteiger charge is -2.38. The number of aliphatic hydroxyl groups excluding tert-OH is 1. The molecule has 1 aliphatic rings. The number of halogens is 1. The smallest absolute Gasteiger partial charge is 0.153 e. The van der Waals surface area contributed by atoms with Gasteiger partial charge in [0, 0.05) is 12.6 Å². The summed E-state index contributed by atoms with van der Waals surface area (Å²) >= 11 is 5.87. The highest BCUT2D eigenvalue weighted by molar-refractivity contribution is 6.29. The Labute approximate surface area is 100 Å². The minimum Gasteiger partial charge on any atom is -0.396 e. The second kappa shape index (κ2) is 4.89. The van der Waals surface area contributed by atoms with Crippen molar-refractivity contribution >= 4 is 23.1 Å². The van der Waals surface area contributed by atoms with Crippen LogP contribution in [0.15, 0.2) is 12.1 Å². The number of nitrogens with zero attached hydrogens (tertiary/aromatic N) is 2. The molecule has 1 heterocycles. The van der Waals surface area contributed by atoms with E-state index in [-0.39, 0.29) is 6.61 Å². The minimum absolute atomic E-state index is 0.101. The maximum Gasteiger partial charge on any atom is 0.153 e. The number of nitrogen functional groups attached to an aromatic ring is 1. The van der Waals surface area contributed by atoms with Gasteiger partial charge in [0.25, 0.3) is 0 Å². The number of rotatable bonds is 4. The van der Waals surface area contributed by atoms with Gasteiger partial charge in [-0.2, -0.15) is 0 Å². The van der Waals surface area contributed by atoms with Crippen LogP contribution in [0.1, 0.15) is 19.3 Å². The van der Waals surface area contributed by atoms with Crippen LogP contribution in [-0.2, 0) is 0 Å². The number of anilines is 2. The van der Waals surface area contributed by atoms with Crippen molar-refractivity contribution in [3.63, 3.8) is 0 Å². The Morgan fingerprint density at radius 2 is 2.25 bits per heavy atom. The SMILES string of the molecule is Nc1ccc(Cl)nc1N(CCO)C1CCC1. The molecule has 1 saturated carbocycles. The molecule has 88 valence electrons. The molecule has 1 fully saturated rings. The summed E-state index contributed by atoms with van der Waals surface area (Å²) in [5.41, 5.74) is 6.51. The van der Waals surface area contributed by atoms with Crippen molar-refractivity contribution in [3.8, 4) is 0 Å². The quantitative estimate of drug-likeness (QED) is 0.788. The van der Waals surface area contributed by atoms with Crippen molar-refractivity contribution in [3.05, 3.63) is 17.3 Å². The molecule has 0 aromatic carbocycles. The van der Waals surface area contributed by atoms with E-state index in [1.165, 1.54) is 6.42 Å². The van der Waals surface area contributed by atoms with Crippen LogP contribution in [0.2, 0.25) is 5.15 Å². The first kappa shape index (κ1) is 11.5. The second-order valence-electron chi connectivity index (χ2n) is 4.05. The summed E-state index contributed by atoms with van der Waals surface area (Å²) in [6, 6.07) is 3.88. The van der Waals surface area contributed by atoms with Gasteiger partial charge in [-0.25, -0.2) is 4.98 Å². The molecule has 0 spiro atoms. The zero-order valence-electron chi connectivity index (χ0n) is 9.06. The van der Waals surface area contributed by atoms with Gasteiger partial charge in [0.05, 0.1) is 12.3 Å². The predicted octanol–water partition coefficient (Wildman–Crippen LogP) is 1.67. The highest BCUT2D eigenvalue weighted by Gasteiger charge is 2.26. The van der Waals surface area contributed by atoms with E-state index in [2.05, 4.69) is 9.88 Å². The van der Waals surface area contributed by atoms with Gasteiger partial charge >= 0.3 is 0 Å². The van der Waals surface area contributed by atoms with Crippen LogP contribution in [0.5, 0.6) is 0 Å². The largest absolute Gasteiger partial charge is 0.396 e. The van der Waals surface area contributed by atoms with E-state index in [1.54, 1.807) is 12.1 Å². The molecule has 0 atom stereocenters. The predicted molar refractivity (Wildman–Crippen MR) is 65.7 cm³/mol. The van der Waals surface area contributed by atoms with Crippen LogP contribution in [0.25, 0.3) is 0 Å². The third kappa shape index (κ3) is 2.23. The Morgan fingerprint density at radius 3 is 2.81 bits per heavy atom. The third-order valence-corrected chi connectivity index (χ3v) is 3.21. The van der Waals surface area contributed by atoms with Gasteiger partial charge in [-0.3, -0.25) is 0 Å². The first-order valence-corrected chi connectivity index (χ1v) is 5.89. The number of pyridine rings is 1. The van der Waals surface area contributed by atoms with E-state index in [1.807, 2.05) is 0 Å². The Bertz CT molecular complexity index is 368. The van der Waals surface area contributed by atoms with Crippen molar-refractivity contribution in [2.75, 3.05) is 23.8 Å². The first-order chi connectivity index (χ1) is 7.72. The van der Waals surface area contributed by atoms with E-state index in [0.717, 1.165) is 12.8 Å². The van der Waals surface area contributed by atoms with Gasteiger partial charge in [0.2, 0.25) is 0 Å². The molecule has 1 aliphatic carbocycles. The van der Waals surface area contributed by atoms with Crippen LogP contribution in [0.3, 0.4) is 0 Å². The van der Waals surface area contributed by atoms with Crippen LogP contribution >= 0.6 is 11.6 Å². The average molecular weight is 242 g/mol. The molecule has 2 rings (SSSR count). The lowest BCUT2D eigenvalue weighted by molar-refractivity contribution is 0.283. The molecule has 0 unspecified atom stereocenters. The van der Waals surface area contributed by atoms with Gasteiger partial charge in [-0.05, 0) is 31.4 Å². The molecule has 0 radical (unpaired) electrons. The van der Waals surface area contributed by atoms with Crippen molar-refractivity contribution in [1.82, 2.24) is 4.98 Å². The fraction of sp³-hybridized carbons (Fsp3) is 0.545. The Kier molecular flexibility index (Phi) is 3.51. The van der Waals surface area contributed by atoms with E-state index >= 15 is 0 Å². The second-order valence-corrected chi connectivity index (χ2v) is 4.44. The van der Waals surface area contributed by atoms with Crippen LogP contribution < -0.4 is 10.6 Å². The fourth-order valence-electron chi connectivity index (χ4n) is 1.93. The molecule has 3 N–H and O–H groups in total. The number of aliphatic hydroxyl groups is 1. The first-order valence-electron chi connectivity index (χ1n) is 5.52. The normalized spacial score (nSPS) is 15.9. The standard InChI is InChI=1S/C11H16ClN3O/c12-10-5-4-9(13)11(14-10)15(6-7-16)8-2-1-3-8/h4-5,8,16H,1-3,6-7,13H2. The monoisotopic (exact) mass is 241 g/mol. The number of nitrogens with two attached hydrogens (primary N) is 1. The van der Waals surface area contributed by atoms with Crippen LogP contribution in [0, 0.1) is 0 Å². The summed E-state index contributed by atoms with van der Waals surface area (Å²) in [6.07, 6.45) is 3.49. The molecule has 0 bridgehead atoms.